The normalized spacial score (nSPS) is 18.2. The molecule has 7 nitrogen and oxygen atoms in total. The van der Waals surface area contributed by atoms with Gasteiger partial charge in [-0.2, -0.15) is 0 Å². The highest BCUT2D eigenvalue weighted by molar-refractivity contribution is 8.03. The first-order chi connectivity index (χ1) is 16.7. The molecule has 0 atom stereocenters. The van der Waals surface area contributed by atoms with Crippen molar-refractivity contribution in [3.05, 3.63) is 30.5 Å². The van der Waals surface area contributed by atoms with Gasteiger partial charge in [0.1, 0.15) is 10.5 Å². The average Bonchev–Trinajstić information content (AvgIpc) is 3.25. The Labute approximate surface area is 220 Å². The van der Waals surface area contributed by atoms with E-state index >= 15 is 0 Å². The van der Waals surface area contributed by atoms with Gasteiger partial charge in [0.2, 0.25) is 0 Å². The zero-order chi connectivity index (χ0) is 25.4. The van der Waals surface area contributed by atoms with E-state index in [4.69, 9.17) is 4.74 Å². The number of benzene rings is 1. The molecule has 1 aliphatic carbocycles. The molecule has 0 unspecified atom stereocenters. The van der Waals surface area contributed by atoms with E-state index in [2.05, 4.69) is 23.3 Å². The number of anilines is 1. The Hall–Kier alpha value is -1.91. The smallest absolute Gasteiger partial charge is 0.323 e. The van der Waals surface area contributed by atoms with E-state index in [1.165, 1.54) is 23.1 Å². The Balaban J connectivity index is 1.61. The number of carboxylic acid groups (broad SMARTS) is 1. The number of methoxy groups -OCH3 is 1. The van der Waals surface area contributed by atoms with E-state index < -0.39 is 10.7 Å². The average molecular weight is 538 g/mol. The van der Waals surface area contributed by atoms with Gasteiger partial charge in [-0.15, -0.1) is 11.8 Å². The molecule has 1 aromatic carbocycles. The van der Waals surface area contributed by atoms with Gasteiger partial charge >= 0.3 is 12.0 Å². The van der Waals surface area contributed by atoms with Crippen molar-refractivity contribution in [3.8, 4) is 5.75 Å². The van der Waals surface area contributed by atoms with Crippen molar-refractivity contribution in [2.24, 2.45) is 5.92 Å². The molecule has 0 bridgehead atoms. The van der Waals surface area contributed by atoms with Crippen molar-refractivity contribution in [2.45, 2.75) is 72.8 Å². The summed E-state index contributed by atoms with van der Waals surface area (Å²) < 4.78 is 5.25. The molecule has 192 valence electrons. The Kier molecular flexibility index (Phi) is 10.2. The second kappa shape index (κ2) is 12.9. The van der Waals surface area contributed by atoms with Crippen molar-refractivity contribution in [1.29, 1.82) is 0 Å². The number of carbonyl (C=O) groups excluding carboxylic acids is 1. The van der Waals surface area contributed by atoms with Gasteiger partial charge in [0.25, 0.3) is 0 Å². The minimum absolute atomic E-state index is 0.129. The molecular weight excluding hydrogens is 502 g/mol. The van der Waals surface area contributed by atoms with Gasteiger partial charge in [0, 0.05) is 17.5 Å². The van der Waals surface area contributed by atoms with Crippen LogP contribution in [0.5, 0.6) is 5.75 Å². The number of rotatable bonds is 11. The van der Waals surface area contributed by atoms with Crippen LogP contribution < -0.4 is 10.1 Å². The number of hydrogen-bond acceptors (Lipinski definition) is 7. The lowest BCUT2D eigenvalue weighted by molar-refractivity contribution is -0.138. The van der Waals surface area contributed by atoms with Crippen LogP contribution in [0.2, 0.25) is 0 Å². The van der Waals surface area contributed by atoms with Crippen LogP contribution in [0.4, 0.5) is 9.93 Å². The SMILES string of the molecule is COc1ccccc1SCCCN(C(=O)Nc1ncc(SC(C)(C)C(=O)O)s1)C1CCC(C)CC1. The molecule has 1 saturated carbocycles. The lowest BCUT2D eigenvalue weighted by atomic mass is 9.86. The van der Waals surface area contributed by atoms with Crippen LogP contribution in [0.25, 0.3) is 0 Å². The third kappa shape index (κ3) is 8.05. The number of nitrogens with one attached hydrogen (secondary N) is 1. The molecule has 1 aliphatic rings. The number of thiazole rings is 1. The second-order valence-electron chi connectivity index (χ2n) is 9.29. The number of carboxylic acids is 1. The van der Waals surface area contributed by atoms with Gasteiger partial charge in [0.15, 0.2) is 5.13 Å². The van der Waals surface area contributed by atoms with Crippen LogP contribution in [0, 0.1) is 5.92 Å². The first-order valence-electron chi connectivity index (χ1n) is 11.9. The van der Waals surface area contributed by atoms with Gasteiger partial charge in [-0.3, -0.25) is 10.1 Å². The summed E-state index contributed by atoms with van der Waals surface area (Å²) >= 11 is 4.29. The van der Waals surface area contributed by atoms with Crippen molar-refractivity contribution < 1.29 is 19.4 Å². The number of para-hydroxylation sites is 1. The quantitative estimate of drug-likeness (QED) is 0.243. The van der Waals surface area contributed by atoms with Crippen molar-refractivity contribution in [2.75, 3.05) is 24.7 Å². The molecule has 0 saturated heterocycles. The molecule has 2 amide bonds. The topological polar surface area (TPSA) is 91.8 Å². The highest BCUT2D eigenvalue weighted by atomic mass is 32.2. The summed E-state index contributed by atoms with van der Waals surface area (Å²) in [5.74, 6) is 1.57. The fourth-order valence-corrected chi connectivity index (χ4v) is 7.21. The van der Waals surface area contributed by atoms with E-state index in [1.54, 1.807) is 38.9 Å². The summed E-state index contributed by atoms with van der Waals surface area (Å²) in [5, 5.41) is 12.8. The van der Waals surface area contributed by atoms with Gasteiger partial charge in [-0.1, -0.05) is 42.2 Å². The van der Waals surface area contributed by atoms with Crippen molar-refractivity contribution >= 4 is 52.0 Å². The van der Waals surface area contributed by atoms with Crippen molar-refractivity contribution in [3.63, 3.8) is 0 Å². The summed E-state index contributed by atoms with van der Waals surface area (Å²) in [7, 11) is 1.68. The number of aromatic nitrogens is 1. The number of amides is 2. The van der Waals surface area contributed by atoms with Gasteiger partial charge < -0.3 is 14.7 Å². The Morgan fingerprint density at radius 3 is 2.66 bits per heavy atom. The van der Waals surface area contributed by atoms with Gasteiger partial charge in [-0.05, 0) is 69.8 Å². The minimum atomic E-state index is -0.961. The standard InChI is InChI=1S/C25H35N3O4S3/c1-17-10-12-18(13-11-17)28(14-7-15-33-20-9-6-5-8-19(20)32-4)24(31)27-23-26-16-21(34-23)35-25(2,3)22(29)30/h5-6,8-9,16-18H,7,10-15H2,1-4H3,(H,29,30)(H,26,27,31). The molecule has 2 N–H and O–H groups in total. The number of hydrogen-bond donors (Lipinski definition) is 2. The maximum atomic E-state index is 13.3. The second-order valence-corrected chi connectivity index (χ2v) is 13.4. The van der Waals surface area contributed by atoms with Crippen LogP contribution in [0.15, 0.2) is 39.6 Å². The third-order valence-electron chi connectivity index (χ3n) is 6.13. The summed E-state index contributed by atoms with van der Waals surface area (Å²) in [6.07, 6.45) is 6.79. The summed E-state index contributed by atoms with van der Waals surface area (Å²) in [4.78, 5) is 32.1. The Bertz CT molecular complexity index is 990. The summed E-state index contributed by atoms with van der Waals surface area (Å²) in [6.45, 7) is 6.27. The van der Waals surface area contributed by atoms with E-state index in [-0.39, 0.29) is 12.1 Å². The first kappa shape index (κ1) is 27.7. The Morgan fingerprint density at radius 2 is 1.97 bits per heavy atom. The van der Waals surface area contributed by atoms with Crippen LogP contribution >= 0.6 is 34.9 Å². The molecule has 0 aliphatic heterocycles. The van der Waals surface area contributed by atoms with Crippen LogP contribution in [-0.4, -0.2) is 57.2 Å². The lowest BCUT2D eigenvalue weighted by Crippen LogP contribution is -2.45. The molecule has 0 spiro atoms. The molecule has 2 aromatic rings. The molecule has 1 fully saturated rings. The van der Waals surface area contributed by atoms with Crippen LogP contribution in [-0.2, 0) is 4.79 Å². The fourth-order valence-electron chi connectivity index (χ4n) is 3.98. The van der Waals surface area contributed by atoms with E-state index in [0.717, 1.165) is 52.7 Å². The van der Waals surface area contributed by atoms with Gasteiger partial charge in [0.05, 0.1) is 17.5 Å². The largest absolute Gasteiger partial charge is 0.496 e. The number of urea groups is 1. The maximum absolute atomic E-state index is 13.3. The number of ether oxygens (including phenoxy) is 1. The van der Waals surface area contributed by atoms with Crippen LogP contribution in [0.3, 0.4) is 0 Å². The van der Waals surface area contributed by atoms with E-state index in [9.17, 15) is 14.7 Å². The molecule has 3 rings (SSSR count). The molecule has 1 aromatic heterocycles. The number of carbonyl (C=O) groups is 2. The molecule has 0 radical (unpaired) electrons. The Morgan fingerprint density at radius 1 is 1.26 bits per heavy atom. The number of nitrogens with zero attached hydrogens (tertiary/aromatic N) is 2. The first-order valence-corrected chi connectivity index (χ1v) is 14.5. The predicted octanol–water partition coefficient (Wildman–Crippen LogP) is 6.70. The fraction of sp³-hybridized carbons (Fsp3) is 0.560. The van der Waals surface area contributed by atoms with E-state index in [1.807, 2.05) is 23.1 Å². The lowest BCUT2D eigenvalue weighted by Gasteiger charge is -2.36. The van der Waals surface area contributed by atoms with Crippen LogP contribution in [0.1, 0.15) is 52.9 Å². The van der Waals surface area contributed by atoms with Crippen molar-refractivity contribution in [1.82, 2.24) is 9.88 Å². The summed E-state index contributed by atoms with van der Waals surface area (Å²) in [5.41, 5.74) is 0. The molecule has 1 heterocycles. The number of aliphatic carboxylic acids is 1. The molecule has 10 heteroatoms. The molecular formula is C25H35N3O4S3. The monoisotopic (exact) mass is 537 g/mol. The minimum Gasteiger partial charge on any atom is -0.496 e. The predicted molar refractivity (Wildman–Crippen MR) is 145 cm³/mol. The van der Waals surface area contributed by atoms with Gasteiger partial charge in [-0.25, -0.2) is 9.78 Å². The highest BCUT2D eigenvalue weighted by Crippen LogP contribution is 2.38. The maximum Gasteiger partial charge on any atom is 0.323 e. The number of thioether (sulfide) groups is 2. The highest BCUT2D eigenvalue weighted by Gasteiger charge is 2.30. The zero-order valence-electron chi connectivity index (χ0n) is 20.8. The van der Waals surface area contributed by atoms with E-state index in [0.29, 0.717) is 17.6 Å². The third-order valence-corrected chi connectivity index (χ3v) is 9.47. The summed E-state index contributed by atoms with van der Waals surface area (Å²) in [6, 6.07) is 8.08. The molecule has 35 heavy (non-hydrogen) atoms. The zero-order valence-corrected chi connectivity index (χ0v) is 23.2.